The highest BCUT2D eigenvalue weighted by atomic mass is 15.0. The summed E-state index contributed by atoms with van der Waals surface area (Å²) in [4.78, 5) is 4.05. The third-order valence-corrected chi connectivity index (χ3v) is 1.47. The molecule has 0 amide bonds. The molecule has 1 N–H and O–H groups in total. The Kier molecular flexibility index (Phi) is 7.26. The minimum Gasteiger partial charge on any atom is -0.346 e. The van der Waals surface area contributed by atoms with E-state index in [2.05, 4.69) is 22.4 Å². The van der Waals surface area contributed by atoms with Gasteiger partial charge in [0.05, 0.1) is 18.6 Å². The average Bonchev–Trinajstić information content (AvgIpc) is 2.34. The molecule has 2 rings (SSSR count). The Balaban J connectivity index is 0.000000379. The Morgan fingerprint density at radius 2 is 1.79 bits per heavy atom. The van der Waals surface area contributed by atoms with E-state index in [1.165, 1.54) is 5.56 Å². The van der Waals surface area contributed by atoms with Gasteiger partial charge in [-0.05, 0) is 6.07 Å². The number of hydrogen-bond donors (Lipinski definition) is 1. The first kappa shape index (κ1) is 12.5. The van der Waals surface area contributed by atoms with Crippen molar-refractivity contribution in [2.24, 2.45) is 4.99 Å². The smallest absolute Gasteiger partial charge is 0.0872 e. The first-order valence-corrected chi connectivity index (χ1v) is 5.12. The molecule has 0 aromatic heterocycles. The Hall–Kier alpha value is -1.49. The van der Waals surface area contributed by atoms with E-state index in [9.17, 15) is 0 Å². The normalized spacial score (nSPS) is 10.3. The fourth-order valence-electron chi connectivity index (χ4n) is 0.937. The summed E-state index contributed by atoms with van der Waals surface area (Å²) in [5, 5.41) is 3.02. The van der Waals surface area contributed by atoms with Crippen LogP contribution in [0.4, 0.5) is 5.69 Å². The average molecular weight is 190 g/mol. The first-order valence-electron chi connectivity index (χ1n) is 5.12. The fourth-order valence-corrected chi connectivity index (χ4v) is 0.937. The van der Waals surface area contributed by atoms with Gasteiger partial charge in [0, 0.05) is 11.6 Å². The Bertz CT molecular complexity index is 240. The topological polar surface area (TPSA) is 24.4 Å². The first-order chi connectivity index (χ1) is 6.97. The molecule has 0 aliphatic carbocycles. The van der Waals surface area contributed by atoms with Crippen molar-refractivity contribution in [3.8, 4) is 0 Å². The van der Waals surface area contributed by atoms with Crippen LogP contribution in [-0.4, -0.2) is 6.34 Å². The molecule has 1 aromatic carbocycles. The van der Waals surface area contributed by atoms with Gasteiger partial charge in [-0.1, -0.05) is 39.8 Å². The number of anilines is 1. The predicted molar refractivity (Wildman–Crippen MR) is 62.6 cm³/mol. The summed E-state index contributed by atoms with van der Waals surface area (Å²) >= 11 is 0. The number of fused-ring (bicyclic) bond motifs is 1. The molecule has 76 valence electrons. The van der Waals surface area contributed by atoms with E-state index in [-0.39, 0.29) is 0 Å². The van der Waals surface area contributed by atoms with Gasteiger partial charge in [-0.15, -0.1) is 0 Å². The van der Waals surface area contributed by atoms with Gasteiger partial charge in [-0.25, -0.2) is 0 Å². The van der Waals surface area contributed by atoms with E-state index < -0.39 is 0 Å². The number of rotatable bonds is 0. The van der Waals surface area contributed by atoms with Crippen LogP contribution in [0.25, 0.3) is 0 Å². The summed E-state index contributed by atoms with van der Waals surface area (Å²) in [7, 11) is 0. The summed E-state index contributed by atoms with van der Waals surface area (Å²) < 4.78 is 0. The van der Waals surface area contributed by atoms with Crippen LogP contribution in [0, 0.1) is 12.1 Å². The van der Waals surface area contributed by atoms with Gasteiger partial charge in [0.1, 0.15) is 0 Å². The minimum absolute atomic E-state index is 0.757. The molecule has 1 aliphatic rings. The molecule has 0 atom stereocenters. The van der Waals surface area contributed by atoms with Crippen molar-refractivity contribution >= 4 is 12.0 Å². The van der Waals surface area contributed by atoms with Crippen molar-refractivity contribution < 1.29 is 0 Å². The van der Waals surface area contributed by atoms with E-state index >= 15 is 0 Å². The van der Waals surface area contributed by atoms with Crippen molar-refractivity contribution in [1.29, 1.82) is 0 Å². The maximum atomic E-state index is 4.05. The van der Waals surface area contributed by atoms with Crippen LogP contribution in [0.5, 0.6) is 0 Å². The van der Waals surface area contributed by atoms with Crippen LogP contribution in [0.1, 0.15) is 33.3 Å². The molecule has 0 fully saturated rings. The maximum absolute atomic E-state index is 4.05. The van der Waals surface area contributed by atoms with Crippen molar-refractivity contribution in [2.75, 3.05) is 5.32 Å². The SMILES string of the molecule is CC.CC.c1cc2c(cc#1)NC=NC2. The zero-order chi connectivity index (χ0) is 10.8. The summed E-state index contributed by atoms with van der Waals surface area (Å²) in [6.07, 6.45) is 1.70. The lowest BCUT2D eigenvalue weighted by molar-refractivity contribution is 1.06. The standard InChI is InChI=1S/C8H6N2.2C2H6/c1-2-4-8-7(3-1)5-9-6-10-8;2*1-2/h3-4,6H,5H2,(H,9,10);2*1-2H3. The lowest BCUT2D eigenvalue weighted by Crippen LogP contribution is -2.03. The molecule has 0 saturated carbocycles. The monoisotopic (exact) mass is 190 g/mol. The summed E-state index contributed by atoms with van der Waals surface area (Å²) in [5.41, 5.74) is 2.27. The number of hydrogen-bond acceptors (Lipinski definition) is 2. The van der Waals surface area contributed by atoms with Crippen LogP contribution in [0.2, 0.25) is 0 Å². The van der Waals surface area contributed by atoms with Gasteiger partial charge in [-0.2, -0.15) is 0 Å². The molecule has 2 nitrogen and oxygen atoms in total. The third kappa shape index (κ3) is 3.49. The molecular formula is C12H18N2. The van der Waals surface area contributed by atoms with Crippen LogP contribution < -0.4 is 5.32 Å². The van der Waals surface area contributed by atoms with Gasteiger partial charge in [0.2, 0.25) is 0 Å². The van der Waals surface area contributed by atoms with Crippen LogP contribution in [0.15, 0.2) is 17.1 Å². The fraction of sp³-hybridized carbons (Fsp3) is 0.417. The van der Waals surface area contributed by atoms with E-state index in [1.807, 2.05) is 39.8 Å². The van der Waals surface area contributed by atoms with Crippen LogP contribution in [0.3, 0.4) is 0 Å². The lowest BCUT2D eigenvalue weighted by Gasteiger charge is -2.08. The van der Waals surface area contributed by atoms with Gasteiger partial charge < -0.3 is 5.32 Å². The largest absolute Gasteiger partial charge is 0.346 e. The van der Waals surface area contributed by atoms with E-state index in [0.29, 0.717) is 0 Å². The Labute approximate surface area is 87.1 Å². The molecule has 1 aromatic rings. The molecular weight excluding hydrogens is 172 g/mol. The highest BCUT2D eigenvalue weighted by Gasteiger charge is 2.00. The van der Waals surface area contributed by atoms with E-state index in [0.717, 1.165) is 12.2 Å². The molecule has 0 unspecified atom stereocenters. The van der Waals surface area contributed by atoms with Gasteiger partial charge in [0.15, 0.2) is 0 Å². The second-order valence-electron chi connectivity index (χ2n) is 2.13. The molecule has 0 radical (unpaired) electrons. The third-order valence-electron chi connectivity index (χ3n) is 1.47. The number of aliphatic imine (C=N–C) groups is 1. The van der Waals surface area contributed by atoms with Gasteiger partial charge in [0.25, 0.3) is 0 Å². The number of nitrogens with zero attached hydrogens (tertiary/aromatic N) is 1. The molecule has 1 heterocycles. The summed E-state index contributed by atoms with van der Waals surface area (Å²) in [5.74, 6) is 0. The number of nitrogens with one attached hydrogen (secondary N) is 1. The van der Waals surface area contributed by atoms with Gasteiger partial charge in [-0.3, -0.25) is 4.99 Å². The van der Waals surface area contributed by atoms with Crippen molar-refractivity contribution in [3.63, 3.8) is 0 Å². The lowest BCUT2D eigenvalue weighted by atomic mass is 10.2. The second-order valence-corrected chi connectivity index (χ2v) is 2.13. The predicted octanol–water partition coefficient (Wildman–Crippen LogP) is 3.29. The highest BCUT2D eigenvalue weighted by Crippen LogP contribution is 2.15. The van der Waals surface area contributed by atoms with Crippen molar-refractivity contribution in [2.45, 2.75) is 34.2 Å². The van der Waals surface area contributed by atoms with Crippen LogP contribution >= 0.6 is 0 Å². The highest BCUT2D eigenvalue weighted by molar-refractivity contribution is 5.79. The molecule has 0 bridgehead atoms. The van der Waals surface area contributed by atoms with Crippen LogP contribution in [-0.2, 0) is 6.54 Å². The molecule has 0 spiro atoms. The molecule has 2 heteroatoms. The zero-order valence-electron chi connectivity index (χ0n) is 9.39. The molecule has 1 aliphatic heterocycles. The maximum Gasteiger partial charge on any atom is 0.0872 e. The molecule has 0 saturated heterocycles. The van der Waals surface area contributed by atoms with Crippen molar-refractivity contribution in [3.05, 3.63) is 29.8 Å². The quantitative estimate of drug-likeness (QED) is 0.667. The molecule has 14 heavy (non-hydrogen) atoms. The zero-order valence-corrected chi connectivity index (χ0v) is 9.39. The van der Waals surface area contributed by atoms with E-state index in [1.54, 1.807) is 6.34 Å². The minimum atomic E-state index is 0.757. The summed E-state index contributed by atoms with van der Waals surface area (Å²) in [6.45, 7) is 8.76. The summed E-state index contributed by atoms with van der Waals surface area (Å²) in [6, 6.07) is 9.53. The second kappa shape index (κ2) is 8.12. The Morgan fingerprint density at radius 3 is 2.43 bits per heavy atom. The van der Waals surface area contributed by atoms with E-state index in [4.69, 9.17) is 0 Å². The van der Waals surface area contributed by atoms with Gasteiger partial charge >= 0.3 is 0 Å². The Morgan fingerprint density at radius 1 is 1.14 bits per heavy atom. The van der Waals surface area contributed by atoms with Crippen molar-refractivity contribution in [1.82, 2.24) is 0 Å².